The van der Waals surface area contributed by atoms with Crippen molar-refractivity contribution in [3.05, 3.63) is 29.3 Å². The summed E-state index contributed by atoms with van der Waals surface area (Å²) in [6, 6.07) is 7.24. The van der Waals surface area contributed by atoms with E-state index in [1.807, 2.05) is 19.1 Å². The molecule has 1 aromatic rings. The number of nitrogens with zero attached hydrogens (tertiary/aromatic N) is 1. The van der Waals surface area contributed by atoms with Crippen molar-refractivity contribution in [2.24, 2.45) is 0 Å². The van der Waals surface area contributed by atoms with Gasteiger partial charge < -0.3 is 11.1 Å². The minimum absolute atomic E-state index is 0.230. The number of benzene rings is 1. The maximum Gasteiger partial charge on any atom is 0.253 e. The van der Waals surface area contributed by atoms with Crippen LogP contribution in [0.4, 0.5) is 5.69 Å². The second kappa shape index (κ2) is 5.01. The van der Waals surface area contributed by atoms with E-state index in [-0.39, 0.29) is 5.91 Å². The normalized spacial score (nSPS) is 9.33. The molecule has 0 saturated carbocycles. The summed E-state index contributed by atoms with van der Waals surface area (Å²) in [6.07, 6.45) is 0.303. The van der Waals surface area contributed by atoms with Gasteiger partial charge in [-0.1, -0.05) is 11.6 Å². The van der Waals surface area contributed by atoms with E-state index >= 15 is 0 Å². The summed E-state index contributed by atoms with van der Waals surface area (Å²) in [5.74, 6) is -0.230. The zero-order chi connectivity index (χ0) is 11.3. The van der Waals surface area contributed by atoms with E-state index < -0.39 is 0 Å². The van der Waals surface area contributed by atoms with Gasteiger partial charge in [0, 0.05) is 12.2 Å². The van der Waals surface area contributed by atoms with Gasteiger partial charge >= 0.3 is 0 Å². The Labute approximate surface area is 88.7 Å². The van der Waals surface area contributed by atoms with Gasteiger partial charge in [0.05, 0.1) is 18.1 Å². The number of carbonyl (C=O) groups excluding carboxylic acids is 1. The van der Waals surface area contributed by atoms with Crippen LogP contribution in [0.15, 0.2) is 18.2 Å². The van der Waals surface area contributed by atoms with Gasteiger partial charge in [0.2, 0.25) is 0 Å². The van der Waals surface area contributed by atoms with Crippen molar-refractivity contribution in [1.82, 2.24) is 5.32 Å². The van der Waals surface area contributed by atoms with Crippen molar-refractivity contribution >= 4 is 11.6 Å². The Hall–Kier alpha value is -2.02. The quantitative estimate of drug-likeness (QED) is 0.572. The third-order valence-corrected chi connectivity index (χ3v) is 1.98. The molecule has 0 fully saturated rings. The molecule has 0 saturated heterocycles. The van der Waals surface area contributed by atoms with E-state index in [1.54, 1.807) is 12.1 Å². The highest BCUT2D eigenvalue weighted by atomic mass is 16.1. The Morgan fingerprint density at radius 3 is 3.00 bits per heavy atom. The first-order chi connectivity index (χ1) is 7.15. The summed E-state index contributed by atoms with van der Waals surface area (Å²) < 4.78 is 0. The van der Waals surface area contributed by atoms with E-state index in [0.717, 1.165) is 5.56 Å². The van der Waals surface area contributed by atoms with Gasteiger partial charge in [-0.3, -0.25) is 4.79 Å². The fraction of sp³-hybridized carbons (Fsp3) is 0.273. The number of rotatable bonds is 3. The molecule has 0 radical (unpaired) electrons. The standard InChI is InChI=1S/C11H13N3O/c1-8-3-4-10(13)9(7-8)11(15)14-6-2-5-12/h3-4,7H,2,6,13H2,1H3,(H,14,15). The SMILES string of the molecule is Cc1ccc(N)c(C(=O)NCCC#N)c1. The van der Waals surface area contributed by atoms with E-state index in [1.165, 1.54) is 0 Å². The molecule has 1 aromatic carbocycles. The second-order valence-electron chi connectivity index (χ2n) is 3.25. The average Bonchev–Trinajstić information content (AvgIpc) is 2.22. The predicted molar refractivity (Wildman–Crippen MR) is 58.2 cm³/mol. The molecule has 0 aromatic heterocycles. The van der Waals surface area contributed by atoms with Gasteiger partial charge in [0.1, 0.15) is 0 Å². The lowest BCUT2D eigenvalue weighted by molar-refractivity contribution is 0.0955. The third kappa shape index (κ3) is 2.99. The number of nitrogens with one attached hydrogen (secondary N) is 1. The monoisotopic (exact) mass is 203 g/mol. The molecule has 1 amide bonds. The number of amides is 1. The van der Waals surface area contributed by atoms with Crippen molar-refractivity contribution in [2.45, 2.75) is 13.3 Å². The first-order valence-electron chi connectivity index (χ1n) is 4.66. The zero-order valence-electron chi connectivity index (χ0n) is 8.58. The summed E-state index contributed by atoms with van der Waals surface area (Å²) in [4.78, 5) is 11.6. The molecular weight excluding hydrogens is 190 g/mol. The maximum atomic E-state index is 11.6. The summed E-state index contributed by atoms with van der Waals surface area (Å²) in [5, 5.41) is 10.9. The second-order valence-corrected chi connectivity index (χ2v) is 3.25. The maximum absolute atomic E-state index is 11.6. The lowest BCUT2D eigenvalue weighted by Crippen LogP contribution is -2.25. The fourth-order valence-electron chi connectivity index (χ4n) is 1.19. The topological polar surface area (TPSA) is 78.9 Å². The lowest BCUT2D eigenvalue weighted by atomic mass is 10.1. The van der Waals surface area contributed by atoms with Crippen molar-refractivity contribution in [3.63, 3.8) is 0 Å². The van der Waals surface area contributed by atoms with Crippen LogP contribution in [0.1, 0.15) is 22.3 Å². The van der Waals surface area contributed by atoms with Crippen molar-refractivity contribution in [2.75, 3.05) is 12.3 Å². The molecule has 0 aliphatic carbocycles. The highest BCUT2D eigenvalue weighted by Gasteiger charge is 2.08. The van der Waals surface area contributed by atoms with E-state index in [4.69, 9.17) is 11.0 Å². The molecule has 0 aliphatic heterocycles. The van der Waals surface area contributed by atoms with E-state index in [0.29, 0.717) is 24.2 Å². The van der Waals surface area contributed by atoms with Gasteiger partial charge in [-0.25, -0.2) is 0 Å². The minimum atomic E-state index is -0.230. The predicted octanol–water partition coefficient (Wildman–Crippen LogP) is 1.22. The number of carbonyl (C=O) groups is 1. The molecule has 0 atom stereocenters. The molecule has 1 rings (SSSR count). The van der Waals surface area contributed by atoms with Crippen LogP contribution in [-0.2, 0) is 0 Å². The highest BCUT2D eigenvalue weighted by Crippen LogP contribution is 2.13. The van der Waals surface area contributed by atoms with Crippen LogP contribution in [0, 0.1) is 18.3 Å². The van der Waals surface area contributed by atoms with Crippen molar-refractivity contribution < 1.29 is 4.79 Å². The smallest absolute Gasteiger partial charge is 0.253 e. The number of nitriles is 1. The molecule has 3 N–H and O–H groups in total. The summed E-state index contributed by atoms with van der Waals surface area (Å²) in [5.41, 5.74) is 7.57. The first-order valence-corrected chi connectivity index (χ1v) is 4.66. The van der Waals surface area contributed by atoms with Gasteiger partial charge in [0.25, 0.3) is 5.91 Å². The van der Waals surface area contributed by atoms with Crippen LogP contribution >= 0.6 is 0 Å². The number of hydrogen-bond donors (Lipinski definition) is 2. The van der Waals surface area contributed by atoms with Crippen LogP contribution in [0.5, 0.6) is 0 Å². The van der Waals surface area contributed by atoms with Crippen LogP contribution in [-0.4, -0.2) is 12.5 Å². The number of anilines is 1. The molecule has 0 heterocycles. The van der Waals surface area contributed by atoms with Crippen LogP contribution < -0.4 is 11.1 Å². The molecular formula is C11H13N3O. The van der Waals surface area contributed by atoms with Gasteiger partial charge in [0.15, 0.2) is 0 Å². The van der Waals surface area contributed by atoms with Gasteiger partial charge in [-0.2, -0.15) is 5.26 Å². The lowest BCUT2D eigenvalue weighted by Gasteiger charge is -2.06. The number of hydrogen-bond acceptors (Lipinski definition) is 3. The van der Waals surface area contributed by atoms with Crippen LogP contribution in [0.25, 0.3) is 0 Å². The molecule has 15 heavy (non-hydrogen) atoms. The molecule has 78 valence electrons. The Morgan fingerprint density at radius 1 is 1.60 bits per heavy atom. The molecule has 4 heteroatoms. The molecule has 4 nitrogen and oxygen atoms in total. The summed E-state index contributed by atoms with van der Waals surface area (Å²) >= 11 is 0. The zero-order valence-corrected chi connectivity index (χ0v) is 8.58. The Balaban J connectivity index is 2.73. The average molecular weight is 203 g/mol. The highest BCUT2D eigenvalue weighted by molar-refractivity contribution is 5.99. The first kappa shape index (κ1) is 11.1. The van der Waals surface area contributed by atoms with Gasteiger partial charge in [-0.05, 0) is 19.1 Å². The van der Waals surface area contributed by atoms with Crippen LogP contribution in [0.2, 0.25) is 0 Å². The molecule has 0 aliphatic rings. The van der Waals surface area contributed by atoms with Crippen LogP contribution in [0.3, 0.4) is 0 Å². The Bertz CT molecular complexity index is 407. The number of aryl methyl sites for hydroxylation is 1. The van der Waals surface area contributed by atoms with Gasteiger partial charge in [-0.15, -0.1) is 0 Å². The Morgan fingerprint density at radius 2 is 2.33 bits per heavy atom. The molecule has 0 unspecified atom stereocenters. The number of nitrogen functional groups attached to an aromatic ring is 1. The molecule has 0 bridgehead atoms. The van der Waals surface area contributed by atoms with E-state index in [2.05, 4.69) is 5.32 Å². The minimum Gasteiger partial charge on any atom is -0.398 e. The molecule has 0 spiro atoms. The summed E-state index contributed by atoms with van der Waals surface area (Å²) in [7, 11) is 0. The van der Waals surface area contributed by atoms with Crippen molar-refractivity contribution in [1.29, 1.82) is 5.26 Å². The van der Waals surface area contributed by atoms with E-state index in [9.17, 15) is 4.79 Å². The number of nitrogens with two attached hydrogens (primary N) is 1. The summed E-state index contributed by atoms with van der Waals surface area (Å²) in [6.45, 7) is 2.24. The largest absolute Gasteiger partial charge is 0.398 e. The Kier molecular flexibility index (Phi) is 3.69. The van der Waals surface area contributed by atoms with Crippen molar-refractivity contribution in [3.8, 4) is 6.07 Å². The fourth-order valence-corrected chi connectivity index (χ4v) is 1.19. The third-order valence-electron chi connectivity index (χ3n) is 1.98.